The fourth-order valence-corrected chi connectivity index (χ4v) is 2.83. The summed E-state index contributed by atoms with van der Waals surface area (Å²) in [4.78, 5) is 11.5. The first-order valence-electron chi connectivity index (χ1n) is 6.14. The molecule has 5 nitrogen and oxygen atoms in total. The van der Waals surface area contributed by atoms with Crippen molar-refractivity contribution in [3.63, 3.8) is 0 Å². The van der Waals surface area contributed by atoms with E-state index in [1.54, 1.807) is 26.8 Å². The summed E-state index contributed by atoms with van der Waals surface area (Å²) in [5.41, 5.74) is -1.17. The Kier molecular flexibility index (Phi) is 5.07. The lowest BCUT2D eigenvalue weighted by molar-refractivity contribution is -0.151. The number of benzene rings is 1. The number of nitrogens with zero attached hydrogens (tertiary/aromatic N) is 1. The van der Waals surface area contributed by atoms with Gasteiger partial charge in [0.1, 0.15) is 23.2 Å². The highest BCUT2D eigenvalue weighted by Crippen LogP contribution is 2.16. The summed E-state index contributed by atoms with van der Waals surface area (Å²) in [5, 5.41) is 8.70. The smallest absolute Gasteiger partial charge is 0.321 e. The van der Waals surface area contributed by atoms with E-state index in [1.165, 1.54) is 18.2 Å². The summed E-state index contributed by atoms with van der Waals surface area (Å²) in [5.74, 6) is -3.26. The maximum absolute atomic E-state index is 13.8. The molecule has 114 valence electrons. The number of nitriles is 1. The first-order valence-corrected chi connectivity index (χ1v) is 7.96. The highest BCUT2D eigenvalue weighted by molar-refractivity contribution is 7.91. The van der Waals surface area contributed by atoms with Crippen LogP contribution in [0.1, 0.15) is 31.9 Å². The first-order chi connectivity index (χ1) is 9.54. The van der Waals surface area contributed by atoms with Crippen LogP contribution in [-0.2, 0) is 25.1 Å². The molecular formula is C14H16FNO4S. The Hall–Kier alpha value is -1.94. The SMILES string of the molecule is CC(C)(C)OC(=O)CS(=O)(=O)Cc1cccc(C#N)c1F. The van der Waals surface area contributed by atoms with Gasteiger partial charge in [-0.15, -0.1) is 0 Å². The van der Waals surface area contributed by atoms with Gasteiger partial charge in [0.2, 0.25) is 0 Å². The van der Waals surface area contributed by atoms with E-state index in [0.717, 1.165) is 0 Å². The van der Waals surface area contributed by atoms with E-state index in [2.05, 4.69) is 0 Å². The molecular weight excluding hydrogens is 297 g/mol. The molecule has 1 aromatic rings. The van der Waals surface area contributed by atoms with Gasteiger partial charge in [0, 0.05) is 5.56 Å². The molecule has 0 amide bonds. The van der Waals surface area contributed by atoms with Gasteiger partial charge < -0.3 is 4.74 Å². The quantitative estimate of drug-likeness (QED) is 0.793. The molecule has 0 radical (unpaired) electrons. The van der Waals surface area contributed by atoms with E-state index in [1.807, 2.05) is 0 Å². The van der Waals surface area contributed by atoms with Gasteiger partial charge in [0.15, 0.2) is 9.84 Å². The van der Waals surface area contributed by atoms with Crippen LogP contribution in [0.2, 0.25) is 0 Å². The lowest BCUT2D eigenvalue weighted by Gasteiger charge is -2.19. The summed E-state index contributed by atoms with van der Waals surface area (Å²) in [6.45, 7) is 4.86. The summed E-state index contributed by atoms with van der Waals surface area (Å²) in [6, 6.07) is 5.54. The highest BCUT2D eigenvalue weighted by atomic mass is 32.2. The predicted octanol–water partition coefficient (Wildman–Crippen LogP) is 1.95. The highest BCUT2D eigenvalue weighted by Gasteiger charge is 2.24. The number of sulfone groups is 1. The largest absolute Gasteiger partial charge is 0.459 e. The summed E-state index contributed by atoms with van der Waals surface area (Å²) < 4.78 is 42.5. The number of hydrogen-bond donors (Lipinski definition) is 0. The normalized spacial score (nSPS) is 11.8. The van der Waals surface area contributed by atoms with Gasteiger partial charge in [-0.1, -0.05) is 12.1 Å². The van der Waals surface area contributed by atoms with Gasteiger partial charge in [-0.2, -0.15) is 5.26 Å². The predicted molar refractivity (Wildman–Crippen MR) is 74.5 cm³/mol. The van der Waals surface area contributed by atoms with Gasteiger partial charge in [-0.25, -0.2) is 12.8 Å². The minimum Gasteiger partial charge on any atom is -0.459 e. The van der Waals surface area contributed by atoms with Gasteiger partial charge >= 0.3 is 5.97 Å². The second-order valence-electron chi connectivity index (χ2n) is 5.51. The first kappa shape index (κ1) is 17.1. The summed E-state index contributed by atoms with van der Waals surface area (Å²) >= 11 is 0. The lowest BCUT2D eigenvalue weighted by Crippen LogP contribution is -2.29. The maximum Gasteiger partial charge on any atom is 0.321 e. The molecule has 0 saturated carbocycles. The van der Waals surface area contributed by atoms with Gasteiger partial charge in [0.25, 0.3) is 0 Å². The van der Waals surface area contributed by atoms with Crippen LogP contribution in [0.5, 0.6) is 0 Å². The number of esters is 1. The van der Waals surface area contributed by atoms with Crippen LogP contribution >= 0.6 is 0 Å². The molecule has 0 aliphatic carbocycles. The molecule has 0 atom stereocenters. The van der Waals surface area contributed by atoms with Crippen LogP contribution in [0.15, 0.2) is 18.2 Å². The zero-order valence-corrected chi connectivity index (χ0v) is 12.8. The maximum atomic E-state index is 13.8. The molecule has 0 spiro atoms. The molecule has 0 unspecified atom stereocenters. The van der Waals surface area contributed by atoms with Crippen molar-refractivity contribution in [1.29, 1.82) is 5.26 Å². The number of carbonyl (C=O) groups excluding carboxylic acids is 1. The molecule has 0 bridgehead atoms. The Morgan fingerprint density at radius 1 is 1.38 bits per heavy atom. The Balaban J connectivity index is 2.88. The Morgan fingerprint density at radius 2 is 2.00 bits per heavy atom. The standard InChI is InChI=1S/C14H16FNO4S/c1-14(2,3)20-12(17)9-21(18,19)8-11-6-4-5-10(7-16)13(11)15/h4-6H,8-9H2,1-3H3. The van der Waals surface area contributed by atoms with E-state index in [-0.39, 0.29) is 11.1 Å². The van der Waals surface area contributed by atoms with Crippen molar-refractivity contribution in [2.24, 2.45) is 0 Å². The van der Waals surface area contributed by atoms with E-state index in [9.17, 15) is 17.6 Å². The minimum atomic E-state index is -3.88. The van der Waals surface area contributed by atoms with Crippen LogP contribution in [0, 0.1) is 17.1 Å². The Morgan fingerprint density at radius 3 is 2.52 bits per heavy atom. The zero-order chi connectivity index (χ0) is 16.3. The lowest BCUT2D eigenvalue weighted by atomic mass is 10.1. The van der Waals surface area contributed by atoms with Gasteiger partial charge in [0.05, 0.1) is 11.3 Å². The Labute approximate surface area is 123 Å². The Bertz CT molecular complexity index is 684. The van der Waals surface area contributed by atoms with Crippen LogP contribution in [0.3, 0.4) is 0 Å². The molecule has 0 N–H and O–H groups in total. The van der Waals surface area contributed by atoms with E-state index in [0.29, 0.717) is 0 Å². The summed E-state index contributed by atoms with van der Waals surface area (Å²) in [6.07, 6.45) is 0. The van der Waals surface area contributed by atoms with Crippen LogP contribution < -0.4 is 0 Å². The fourth-order valence-electron chi connectivity index (χ4n) is 1.62. The third kappa shape index (κ3) is 5.52. The second-order valence-corrected chi connectivity index (χ2v) is 7.57. The average Bonchev–Trinajstić information content (AvgIpc) is 2.28. The summed E-state index contributed by atoms with van der Waals surface area (Å²) in [7, 11) is -3.88. The minimum absolute atomic E-state index is 0.141. The number of rotatable bonds is 4. The van der Waals surface area contributed by atoms with E-state index >= 15 is 0 Å². The van der Waals surface area contributed by atoms with Crippen LogP contribution in [0.25, 0.3) is 0 Å². The average molecular weight is 313 g/mol. The molecule has 0 fully saturated rings. The van der Waals surface area contributed by atoms with Crippen molar-refractivity contribution in [3.8, 4) is 6.07 Å². The molecule has 1 aromatic carbocycles. The van der Waals surface area contributed by atoms with Crippen molar-refractivity contribution in [3.05, 3.63) is 35.1 Å². The molecule has 0 aliphatic rings. The van der Waals surface area contributed by atoms with Crippen molar-refractivity contribution in [2.75, 3.05) is 5.75 Å². The van der Waals surface area contributed by atoms with Gasteiger partial charge in [-0.05, 0) is 26.8 Å². The number of hydrogen-bond acceptors (Lipinski definition) is 5. The number of carbonyl (C=O) groups is 1. The number of ether oxygens (including phenoxy) is 1. The second kappa shape index (κ2) is 6.22. The van der Waals surface area contributed by atoms with Crippen molar-refractivity contribution in [2.45, 2.75) is 32.1 Å². The monoisotopic (exact) mass is 313 g/mol. The molecule has 0 saturated heterocycles. The molecule has 21 heavy (non-hydrogen) atoms. The van der Waals surface area contributed by atoms with E-state index in [4.69, 9.17) is 10.00 Å². The molecule has 1 rings (SSSR count). The molecule has 0 aliphatic heterocycles. The molecule has 7 heteroatoms. The van der Waals surface area contributed by atoms with Crippen LogP contribution in [0.4, 0.5) is 4.39 Å². The third-order valence-corrected chi connectivity index (χ3v) is 3.76. The molecule has 0 heterocycles. The third-order valence-electron chi connectivity index (χ3n) is 2.33. The fraction of sp³-hybridized carbons (Fsp3) is 0.429. The molecule has 0 aromatic heterocycles. The van der Waals surface area contributed by atoms with Crippen molar-refractivity contribution >= 4 is 15.8 Å². The van der Waals surface area contributed by atoms with Gasteiger partial charge in [-0.3, -0.25) is 4.79 Å². The number of halogens is 1. The zero-order valence-electron chi connectivity index (χ0n) is 12.0. The van der Waals surface area contributed by atoms with Crippen LogP contribution in [-0.4, -0.2) is 25.7 Å². The topological polar surface area (TPSA) is 84.2 Å². The van der Waals surface area contributed by atoms with Crippen molar-refractivity contribution < 1.29 is 22.3 Å². The van der Waals surface area contributed by atoms with Crippen molar-refractivity contribution in [1.82, 2.24) is 0 Å². The van der Waals surface area contributed by atoms with E-state index < -0.39 is 38.7 Å².